The summed E-state index contributed by atoms with van der Waals surface area (Å²) < 4.78 is 31.8. The molecule has 1 heterocycles. The third-order valence-electron chi connectivity index (χ3n) is 4.64. The Hall–Kier alpha value is -2.42. The molecule has 0 aliphatic carbocycles. The fourth-order valence-electron chi connectivity index (χ4n) is 2.96. The van der Waals surface area contributed by atoms with E-state index in [0.29, 0.717) is 38.3 Å². The van der Waals surface area contributed by atoms with Crippen LogP contribution in [0, 0.1) is 0 Å². The van der Waals surface area contributed by atoms with Gasteiger partial charge in [-0.15, -0.1) is 0 Å². The SMILES string of the molecule is O=C(CCc1ccc(S(=O)(=O)N2CCOCC2)cc1)NCc1ccccc1O. The molecule has 150 valence electrons. The van der Waals surface area contributed by atoms with E-state index in [1.165, 1.54) is 4.31 Å². The third kappa shape index (κ3) is 5.09. The van der Waals surface area contributed by atoms with E-state index in [9.17, 15) is 18.3 Å². The number of aryl methyl sites for hydroxylation is 1. The third-order valence-corrected chi connectivity index (χ3v) is 6.55. The van der Waals surface area contributed by atoms with Gasteiger partial charge in [0.25, 0.3) is 0 Å². The number of rotatable bonds is 7. The Labute approximate surface area is 165 Å². The van der Waals surface area contributed by atoms with Gasteiger partial charge >= 0.3 is 0 Å². The molecule has 2 aromatic rings. The molecule has 2 N–H and O–H groups in total. The van der Waals surface area contributed by atoms with Crippen molar-refractivity contribution in [2.45, 2.75) is 24.3 Å². The van der Waals surface area contributed by atoms with E-state index in [4.69, 9.17) is 4.74 Å². The lowest BCUT2D eigenvalue weighted by Crippen LogP contribution is -2.40. The van der Waals surface area contributed by atoms with Crippen LogP contribution in [0.2, 0.25) is 0 Å². The van der Waals surface area contributed by atoms with Crippen molar-refractivity contribution in [3.8, 4) is 5.75 Å². The number of carbonyl (C=O) groups is 1. The number of benzene rings is 2. The molecule has 0 atom stereocenters. The molecule has 0 saturated carbocycles. The van der Waals surface area contributed by atoms with Crippen molar-refractivity contribution in [1.82, 2.24) is 9.62 Å². The van der Waals surface area contributed by atoms with Gasteiger partial charge in [0.1, 0.15) is 5.75 Å². The number of aromatic hydroxyl groups is 1. The largest absolute Gasteiger partial charge is 0.508 e. The van der Waals surface area contributed by atoms with Crippen LogP contribution in [0.1, 0.15) is 17.5 Å². The zero-order valence-electron chi connectivity index (χ0n) is 15.5. The molecule has 1 aliphatic heterocycles. The minimum absolute atomic E-state index is 0.131. The van der Waals surface area contributed by atoms with Crippen molar-refractivity contribution in [2.24, 2.45) is 0 Å². The molecule has 1 aliphatic rings. The summed E-state index contributed by atoms with van der Waals surface area (Å²) in [5.74, 6) is 0.0214. The summed E-state index contributed by atoms with van der Waals surface area (Å²) in [5, 5.41) is 12.5. The fraction of sp³-hybridized carbons (Fsp3) is 0.350. The van der Waals surface area contributed by atoms with Crippen LogP contribution in [0.15, 0.2) is 53.4 Å². The molecular formula is C20H24N2O5S. The zero-order valence-corrected chi connectivity index (χ0v) is 16.3. The first-order valence-electron chi connectivity index (χ1n) is 9.17. The van der Waals surface area contributed by atoms with Gasteiger partial charge in [-0.25, -0.2) is 8.42 Å². The van der Waals surface area contributed by atoms with E-state index in [1.54, 1.807) is 48.5 Å². The maximum atomic E-state index is 12.6. The van der Waals surface area contributed by atoms with Crippen LogP contribution in [-0.2, 0) is 32.5 Å². The molecule has 0 unspecified atom stereocenters. The van der Waals surface area contributed by atoms with Crippen LogP contribution in [0.5, 0.6) is 5.75 Å². The van der Waals surface area contributed by atoms with Crippen LogP contribution >= 0.6 is 0 Å². The monoisotopic (exact) mass is 404 g/mol. The Balaban J connectivity index is 1.51. The molecule has 2 aromatic carbocycles. The highest BCUT2D eigenvalue weighted by molar-refractivity contribution is 7.89. The number of phenolic OH excluding ortho intramolecular Hbond substituents is 1. The highest BCUT2D eigenvalue weighted by Crippen LogP contribution is 2.18. The summed E-state index contributed by atoms with van der Waals surface area (Å²) in [6, 6.07) is 13.5. The Kier molecular flexibility index (Phi) is 6.66. The van der Waals surface area contributed by atoms with Gasteiger partial charge in [0.15, 0.2) is 0 Å². The molecule has 8 heteroatoms. The number of carbonyl (C=O) groups excluding carboxylic acids is 1. The number of hydrogen-bond donors (Lipinski definition) is 2. The summed E-state index contributed by atoms with van der Waals surface area (Å²) in [6.07, 6.45) is 0.785. The van der Waals surface area contributed by atoms with E-state index in [2.05, 4.69) is 5.32 Å². The van der Waals surface area contributed by atoms with Crippen LogP contribution < -0.4 is 5.32 Å². The van der Waals surface area contributed by atoms with E-state index in [0.717, 1.165) is 5.56 Å². The number of morpholine rings is 1. The molecule has 7 nitrogen and oxygen atoms in total. The second kappa shape index (κ2) is 9.18. The minimum atomic E-state index is -3.50. The molecular weight excluding hydrogens is 380 g/mol. The number of sulfonamides is 1. The van der Waals surface area contributed by atoms with Gasteiger partial charge in [0.2, 0.25) is 15.9 Å². The number of nitrogens with one attached hydrogen (secondary N) is 1. The van der Waals surface area contributed by atoms with Crippen LogP contribution in [0.3, 0.4) is 0 Å². The minimum Gasteiger partial charge on any atom is -0.508 e. The average Bonchev–Trinajstić information content (AvgIpc) is 2.72. The number of nitrogens with zero attached hydrogens (tertiary/aromatic N) is 1. The van der Waals surface area contributed by atoms with Crippen molar-refractivity contribution < 1.29 is 23.1 Å². The molecule has 1 fully saturated rings. The highest BCUT2D eigenvalue weighted by Gasteiger charge is 2.26. The molecule has 0 aromatic heterocycles. The Morgan fingerprint density at radius 2 is 1.75 bits per heavy atom. The number of amides is 1. The average molecular weight is 404 g/mol. The second-order valence-corrected chi connectivity index (χ2v) is 8.50. The van der Waals surface area contributed by atoms with Gasteiger partial charge in [-0.1, -0.05) is 30.3 Å². The maximum Gasteiger partial charge on any atom is 0.243 e. The quantitative estimate of drug-likeness (QED) is 0.732. The van der Waals surface area contributed by atoms with E-state index in [-0.39, 0.29) is 29.5 Å². The predicted octanol–water partition coefficient (Wildman–Crippen LogP) is 1.66. The molecule has 1 saturated heterocycles. The number of hydrogen-bond acceptors (Lipinski definition) is 5. The molecule has 0 spiro atoms. The van der Waals surface area contributed by atoms with Crippen LogP contribution in [0.4, 0.5) is 0 Å². The summed E-state index contributed by atoms with van der Waals surface area (Å²) in [6.45, 7) is 1.81. The summed E-state index contributed by atoms with van der Waals surface area (Å²) >= 11 is 0. The van der Waals surface area contributed by atoms with Crippen LogP contribution in [0.25, 0.3) is 0 Å². The molecule has 1 amide bonds. The van der Waals surface area contributed by atoms with E-state index in [1.807, 2.05) is 0 Å². The lowest BCUT2D eigenvalue weighted by Gasteiger charge is -2.26. The van der Waals surface area contributed by atoms with E-state index < -0.39 is 10.0 Å². The Morgan fingerprint density at radius 3 is 2.43 bits per heavy atom. The smallest absolute Gasteiger partial charge is 0.243 e. The first-order valence-corrected chi connectivity index (χ1v) is 10.6. The normalized spacial score (nSPS) is 15.3. The predicted molar refractivity (Wildman–Crippen MR) is 104 cm³/mol. The van der Waals surface area contributed by atoms with Gasteiger partial charge in [0.05, 0.1) is 18.1 Å². The number of para-hydroxylation sites is 1. The molecule has 3 rings (SSSR count). The highest BCUT2D eigenvalue weighted by atomic mass is 32.2. The fourth-order valence-corrected chi connectivity index (χ4v) is 4.37. The lowest BCUT2D eigenvalue weighted by atomic mass is 10.1. The first-order chi connectivity index (χ1) is 13.5. The number of phenols is 1. The topological polar surface area (TPSA) is 95.9 Å². The van der Waals surface area contributed by atoms with Gasteiger partial charge in [-0.3, -0.25) is 4.79 Å². The van der Waals surface area contributed by atoms with Crippen molar-refractivity contribution in [1.29, 1.82) is 0 Å². The number of ether oxygens (including phenoxy) is 1. The van der Waals surface area contributed by atoms with Crippen molar-refractivity contribution in [3.63, 3.8) is 0 Å². The zero-order chi connectivity index (χ0) is 20.0. The van der Waals surface area contributed by atoms with Gasteiger partial charge < -0.3 is 15.2 Å². The summed E-state index contributed by atoms with van der Waals surface area (Å²) in [4.78, 5) is 12.3. The maximum absolute atomic E-state index is 12.6. The molecule has 0 radical (unpaired) electrons. The standard InChI is InChI=1S/C20H24N2O5S/c23-19-4-2-1-3-17(19)15-21-20(24)10-7-16-5-8-18(9-6-16)28(25,26)22-11-13-27-14-12-22/h1-6,8-9,23H,7,10-15H2,(H,21,24). The van der Waals surface area contributed by atoms with Crippen molar-refractivity contribution in [2.75, 3.05) is 26.3 Å². The van der Waals surface area contributed by atoms with E-state index >= 15 is 0 Å². The molecule has 28 heavy (non-hydrogen) atoms. The summed E-state index contributed by atoms with van der Waals surface area (Å²) in [7, 11) is -3.50. The lowest BCUT2D eigenvalue weighted by molar-refractivity contribution is -0.121. The summed E-state index contributed by atoms with van der Waals surface area (Å²) in [5.41, 5.74) is 1.55. The van der Waals surface area contributed by atoms with Crippen LogP contribution in [-0.4, -0.2) is 50.0 Å². The van der Waals surface area contributed by atoms with Crippen molar-refractivity contribution >= 4 is 15.9 Å². The first kappa shape index (κ1) is 20.3. The van der Waals surface area contributed by atoms with Crippen molar-refractivity contribution in [3.05, 3.63) is 59.7 Å². The van der Waals surface area contributed by atoms with Gasteiger partial charge in [-0.05, 0) is 30.2 Å². The Bertz CT molecular complexity index is 906. The molecule has 0 bridgehead atoms. The Morgan fingerprint density at radius 1 is 1.07 bits per heavy atom. The van der Waals surface area contributed by atoms with Gasteiger partial charge in [-0.2, -0.15) is 4.31 Å². The van der Waals surface area contributed by atoms with Gasteiger partial charge in [0, 0.05) is 31.6 Å². The second-order valence-electron chi connectivity index (χ2n) is 6.57.